The van der Waals surface area contributed by atoms with Crippen molar-refractivity contribution < 1.29 is 30.8 Å². The van der Waals surface area contributed by atoms with Crippen LogP contribution in [0.5, 0.6) is 0 Å². The van der Waals surface area contributed by atoms with Crippen LogP contribution in [0.15, 0.2) is 24.3 Å². The van der Waals surface area contributed by atoms with Crippen molar-refractivity contribution in [3.8, 4) is 12.3 Å². The largest absolute Gasteiger partial charge is 0.407 e. The van der Waals surface area contributed by atoms with Gasteiger partial charge in [0.15, 0.2) is 9.84 Å². The van der Waals surface area contributed by atoms with Crippen molar-refractivity contribution in [2.75, 3.05) is 11.5 Å². The van der Waals surface area contributed by atoms with Gasteiger partial charge in [-0.2, -0.15) is 13.2 Å². The number of terminal acetylenes is 1. The molecule has 1 amide bonds. The maximum atomic E-state index is 13.8. The van der Waals surface area contributed by atoms with Gasteiger partial charge in [-0.05, 0) is 36.0 Å². The third-order valence-corrected chi connectivity index (χ3v) is 6.82. The number of amides is 1. The molecule has 0 unspecified atom stereocenters. The molecule has 172 valence electrons. The molecule has 2 rings (SSSR count). The summed E-state index contributed by atoms with van der Waals surface area (Å²) < 4.78 is 79.8. The van der Waals surface area contributed by atoms with Gasteiger partial charge in [0.05, 0.1) is 11.5 Å². The molecule has 10 heteroatoms. The number of alkyl halides is 3. The summed E-state index contributed by atoms with van der Waals surface area (Å²) in [5.74, 6) is -0.428. The molecule has 0 radical (unpaired) electrons. The first kappa shape index (κ1) is 25.1. The molecular weight excluding hydrogens is 436 g/mol. The average Bonchev–Trinajstić information content (AvgIpc) is 3.36. The average molecular weight is 463 g/mol. The van der Waals surface area contributed by atoms with E-state index in [-0.39, 0.29) is 11.3 Å². The van der Waals surface area contributed by atoms with Gasteiger partial charge in [0, 0.05) is 0 Å². The van der Waals surface area contributed by atoms with E-state index in [1.54, 1.807) is 20.8 Å². The lowest BCUT2D eigenvalue weighted by Gasteiger charge is -2.29. The van der Waals surface area contributed by atoms with E-state index >= 15 is 0 Å². The Balaban J connectivity index is 2.36. The zero-order valence-electron chi connectivity index (χ0n) is 17.5. The maximum Gasteiger partial charge on any atom is 0.407 e. The highest BCUT2D eigenvalue weighted by Gasteiger charge is 2.47. The highest BCUT2D eigenvalue weighted by atomic mass is 32.2. The third-order valence-electron chi connectivity index (χ3n) is 4.68. The second-order valence-electron chi connectivity index (χ2n) is 9.08. The number of halogens is 4. The van der Waals surface area contributed by atoms with Crippen molar-refractivity contribution >= 4 is 15.7 Å². The molecule has 1 aromatic carbocycles. The lowest BCUT2D eigenvalue weighted by Crippen LogP contribution is -2.54. The molecule has 0 heterocycles. The summed E-state index contributed by atoms with van der Waals surface area (Å²) in [6.45, 7) is 5.00. The number of hydrogen-bond acceptors (Lipinski definition) is 4. The fraction of sp³-hybridized carbons (Fsp3) is 0.571. The normalized spacial score (nSPS) is 18.0. The number of benzene rings is 1. The van der Waals surface area contributed by atoms with Crippen LogP contribution in [-0.4, -0.2) is 43.6 Å². The first-order chi connectivity index (χ1) is 14.1. The first-order valence-corrected chi connectivity index (χ1v) is 11.5. The summed E-state index contributed by atoms with van der Waals surface area (Å²) in [6.07, 6.45) is 1.43. The molecule has 1 aliphatic carbocycles. The van der Waals surface area contributed by atoms with Crippen LogP contribution in [0.25, 0.3) is 0 Å². The Morgan fingerprint density at radius 1 is 1.19 bits per heavy atom. The van der Waals surface area contributed by atoms with Crippen LogP contribution in [0.2, 0.25) is 0 Å². The Hall–Kier alpha value is -2.12. The van der Waals surface area contributed by atoms with Gasteiger partial charge in [0.1, 0.15) is 23.4 Å². The van der Waals surface area contributed by atoms with Crippen LogP contribution >= 0.6 is 0 Å². The minimum absolute atomic E-state index is 0.320. The molecule has 2 atom stereocenters. The van der Waals surface area contributed by atoms with E-state index in [1.165, 1.54) is 0 Å². The Morgan fingerprint density at radius 3 is 2.16 bits per heavy atom. The molecule has 31 heavy (non-hydrogen) atoms. The summed E-state index contributed by atoms with van der Waals surface area (Å²) in [6, 6.07) is -0.506. The molecular formula is C21H26F4N2O3S. The summed E-state index contributed by atoms with van der Waals surface area (Å²) >= 11 is 0. The minimum atomic E-state index is -4.87. The fourth-order valence-corrected chi connectivity index (χ4v) is 5.35. The molecule has 0 aromatic heterocycles. The van der Waals surface area contributed by atoms with E-state index in [1.807, 2.05) is 0 Å². The van der Waals surface area contributed by atoms with Crippen LogP contribution < -0.4 is 10.6 Å². The predicted octanol–water partition coefficient (Wildman–Crippen LogP) is 3.13. The lowest BCUT2D eigenvalue weighted by atomic mass is 10.0. The number of rotatable bonds is 8. The fourth-order valence-electron chi connectivity index (χ4n) is 3.16. The Morgan fingerprint density at radius 2 is 1.74 bits per heavy atom. The van der Waals surface area contributed by atoms with Gasteiger partial charge in [-0.15, -0.1) is 6.42 Å². The van der Waals surface area contributed by atoms with Crippen molar-refractivity contribution in [3.63, 3.8) is 0 Å². The molecule has 2 N–H and O–H groups in total. The van der Waals surface area contributed by atoms with Crippen LogP contribution in [0, 0.1) is 23.6 Å². The molecule has 0 saturated heterocycles. The van der Waals surface area contributed by atoms with Crippen molar-refractivity contribution in [2.45, 2.75) is 57.4 Å². The standard InChI is InChI=1S/C21H26F4N2O3S/c1-5-20(10-11-20)27-18(28)16(12-31(29,30)13-19(2,3)4)26-17(21(23,24)25)14-6-8-15(22)9-7-14/h1,6-9,16-17,26H,10-13H2,2-4H3,(H,27,28)/t16-,17-/m0/s1. The predicted molar refractivity (Wildman–Crippen MR) is 109 cm³/mol. The first-order valence-electron chi connectivity index (χ1n) is 9.64. The van der Waals surface area contributed by atoms with Crippen molar-refractivity contribution in [2.24, 2.45) is 5.41 Å². The highest BCUT2D eigenvalue weighted by Crippen LogP contribution is 2.36. The van der Waals surface area contributed by atoms with E-state index in [4.69, 9.17) is 6.42 Å². The van der Waals surface area contributed by atoms with E-state index in [0.29, 0.717) is 12.8 Å². The molecule has 1 aromatic rings. The smallest absolute Gasteiger partial charge is 0.338 e. The summed E-state index contributed by atoms with van der Waals surface area (Å²) in [4.78, 5) is 12.8. The second kappa shape index (κ2) is 8.79. The van der Waals surface area contributed by atoms with Crippen LogP contribution in [0.4, 0.5) is 17.6 Å². The topological polar surface area (TPSA) is 75.3 Å². The molecule has 0 bridgehead atoms. The molecule has 1 fully saturated rings. The van der Waals surface area contributed by atoms with E-state index in [9.17, 15) is 30.8 Å². The van der Waals surface area contributed by atoms with Gasteiger partial charge < -0.3 is 5.32 Å². The van der Waals surface area contributed by atoms with Crippen LogP contribution in [0.3, 0.4) is 0 Å². The van der Waals surface area contributed by atoms with Gasteiger partial charge >= 0.3 is 6.18 Å². The second-order valence-corrected chi connectivity index (χ2v) is 11.2. The zero-order chi connectivity index (χ0) is 23.7. The van der Waals surface area contributed by atoms with Gasteiger partial charge in [0.2, 0.25) is 5.91 Å². The molecule has 5 nitrogen and oxygen atoms in total. The van der Waals surface area contributed by atoms with Gasteiger partial charge in [0.25, 0.3) is 0 Å². The lowest BCUT2D eigenvalue weighted by molar-refractivity contribution is -0.160. The van der Waals surface area contributed by atoms with E-state index in [0.717, 1.165) is 24.3 Å². The zero-order valence-corrected chi connectivity index (χ0v) is 18.3. The quantitative estimate of drug-likeness (QED) is 0.460. The van der Waals surface area contributed by atoms with Crippen LogP contribution in [-0.2, 0) is 14.6 Å². The maximum absolute atomic E-state index is 13.8. The van der Waals surface area contributed by atoms with Gasteiger partial charge in [-0.25, -0.2) is 12.8 Å². The van der Waals surface area contributed by atoms with E-state index in [2.05, 4.69) is 16.6 Å². The Bertz CT molecular complexity index is 941. The summed E-state index contributed by atoms with van der Waals surface area (Å²) in [7, 11) is -3.91. The Labute approximate surface area is 179 Å². The SMILES string of the molecule is C#CC1(NC(=O)[C@H](CS(=O)(=O)CC(C)(C)C)N[C@@H](c2ccc(F)cc2)C(F)(F)F)CC1. The number of carbonyl (C=O) groups is 1. The van der Waals surface area contributed by atoms with E-state index < -0.39 is 56.5 Å². The van der Waals surface area contributed by atoms with Gasteiger partial charge in [-0.3, -0.25) is 10.1 Å². The summed E-state index contributed by atoms with van der Waals surface area (Å²) in [5, 5.41) is 4.63. The monoisotopic (exact) mass is 462 g/mol. The number of nitrogens with one attached hydrogen (secondary N) is 2. The molecule has 1 saturated carbocycles. The summed E-state index contributed by atoms with van der Waals surface area (Å²) in [5.41, 5.74) is -1.97. The number of carbonyl (C=O) groups excluding carboxylic acids is 1. The van der Waals surface area contributed by atoms with Crippen molar-refractivity contribution in [3.05, 3.63) is 35.6 Å². The van der Waals surface area contributed by atoms with Gasteiger partial charge in [-0.1, -0.05) is 38.8 Å². The van der Waals surface area contributed by atoms with Crippen molar-refractivity contribution in [1.29, 1.82) is 0 Å². The molecule has 0 spiro atoms. The third kappa shape index (κ3) is 7.51. The molecule has 0 aliphatic heterocycles. The Kier molecular flexibility index (Phi) is 7.13. The highest BCUT2D eigenvalue weighted by molar-refractivity contribution is 7.91. The van der Waals surface area contributed by atoms with Crippen molar-refractivity contribution in [1.82, 2.24) is 10.6 Å². The number of sulfone groups is 1. The molecule has 1 aliphatic rings. The minimum Gasteiger partial charge on any atom is -0.338 e. The van der Waals surface area contributed by atoms with Crippen LogP contribution in [0.1, 0.15) is 45.2 Å². The number of hydrogen-bond donors (Lipinski definition) is 2.